The number of imidazole rings is 1. The SMILES string of the molecule is c1ccc(-c2nc3ccc4c(c5ccccc5n4-c4ccc(-n5ccnc5-c5ccccc5)cc4)c3o2)cc1. The monoisotopic (exact) mass is 502 g/mol. The van der Waals surface area contributed by atoms with Crippen molar-refractivity contribution in [2.45, 2.75) is 0 Å². The molecule has 0 radical (unpaired) electrons. The van der Waals surface area contributed by atoms with Gasteiger partial charge in [0, 0.05) is 40.3 Å². The molecule has 5 nitrogen and oxygen atoms in total. The van der Waals surface area contributed by atoms with E-state index in [-0.39, 0.29) is 0 Å². The van der Waals surface area contributed by atoms with E-state index in [0.717, 1.165) is 61.2 Å². The van der Waals surface area contributed by atoms with Gasteiger partial charge in [0.2, 0.25) is 5.89 Å². The van der Waals surface area contributed by atoms with E-state index in [4.69, 9.17) is 9.40 Å². The second-order valence-corrected chi connectivity index (χ2v) is 9.55. The molecule has 5 aromatic carbocycles. The lowest BCUT2D eigenvalue weighted by Crippen LogP contribution is -1.98. The van der Waals surface area contributed by atoms with E-state index in [1.807, 2.05) is 60.9 Å². The number of nitrogens with zero attached hydrogens (tertiary/aromatic N) is 4. The van der Waals surface area contributed by atoms with Gasteiger partial charge in [0.25, 0.3) is 0 Å². The van der Waals surface area contributed by atoms with Crippen LogP contribution in [-0.4, -0.2) is 19.1 Å². The van der Waals surface area contributed by atoms with Crippen LogP contribution in [-0.2, 0) is 0 Å². The van der Waals surface area contributed by atoms with Crippen molar-refractivity contribution in [3.63, 3.8) is 0 Å². The lowest BCUT2D eigenvalue weighted by atomic mass is 10.1. The average molecular weight is 503 g/mol. The summed E-state index contributed by atoms with van der Waals surface area (Å²) in [5.74, 6) is 1.55. The maximum absolute atomic E-state index is 6.41. The molecule has 3 aromatic heterocycles. The molecule has 0 amide bonds. The van der Waals surface area contributed by atoms with Crippen LogP contribution in [0.2, 0.25) is 0 Å². The molecule has 3 heterocycles. The molecule has 8 aromatic rings. The van der Waals surface area contributed by atoms with Crippen LogP contribution in [0.5, 0.6) is 0 Å². The Morgan fingerprint density at radius 2 is 1.28 bits per heavy atom. The van der Waals surface area contributed by atoms with Gasteiger partial charge in [0.1, 0.15) is 11.3 Å². The van der Waals surface area contributed by atoms with Gasteiger partial charge in [0.05, 0.1) is 16.4 Å². The Bertz CT molecular complexity index is 2100. The predicted molar refractivity (Wildman–Crippen MR) is 156 cm³/mol. The van der Waals surface area contributed by atoms with E-state index in [0.29, 0.717) is 5.89 Å². The van der Waals surface area contributed by atoms with E-state index in [2.05, 4.69) is 86.9 Å². The van der Waals surface area contributed by atoms with Crippen molar-refractivity contribution in [3.8, 4) is 34.2 Å². The van der Waals surface area contributed by atoms with E-state index in [9.17, 15) is 0 Å². The number of benzene rings is 5. The molecule has 0 fully saturated rings. The molecule has 8 rings (SSSR count). The topological polar surface area (TPSA) is 48.8 Å². The number of fused-ring (bicyclic) bond motifs is 5. The Morgan fingerprint density at radius 1 is 0.590 bits per heavy atom. The van der Waals surface area contributed by atoms with Gasteiger partial charge in [-0.15, -0.1) is 0 Å². The Kier molecular flexibility index (Phi) is 4.76. The summed E-state index contributed by atoms with van der Waals surface area (Å²) in [4.78, 5) is 9.42. The number of hydrogen-bond donors (Lipinski definition) is 0. The smallest absolute Gasteiger partial charge is 0.227 e. The molecule has 184 valence electrons. The molecule has 0 spiro atoms. The van der Waals surface area contributed by atoms with Crippen molar-refractivity contribution in [2.24, 2.45) is 0 Å². The molecule has 0 saturated carbocycles. The van der Waals surface area contributed by atoms with Crippen molar-refractivity contribution in [1.82, 2.24) is 19.1 Å². The maximum Gasteiger partial charge on any atom is 0.227 e. The van der Waals surface area contributed by atoms with Crippen molar-refractivity contribution in [1.29, 1.82) is 0 Å². The predicted octanol–water partition coefficient (Wildman–Crippen LogP) is 8.44. The minimum Gasteiger partial charge on any atom is -0.435 e. The van der Waals surface area contributed by atoms with Crippen molar-refractivity contribution >= 4 is 32.9 Å². The van der Waals surface area contributed by atoms with Gasteiger partial charge >= 0.3 is 0 Å². The van der Waals surface area contributed by atoms with Crippen LogP contribution in [0.15, 0.2) is 138 Å². The molecule has 0 aliphatic carbocycles. The third kappa shape index (κ3) is 3.41. The summed E-state index contributed by atoms with van der Waals surface area (Å²) in [5.41, 5.74) is 8.06. The number of aromatic nitrogens is 4. The molecule has 0 aliphatic heterocycles. The number of oxazole rings is 1. The summed E-state index contributed by atoms with van der Waals surface area (Å²) >= 11 is 0. The Hall–Kier alpha value is -5.42. The molecular weight excluding hydrogens is 480 g/mol. The van der Waals surface area contributed by atoms with Crippen LogP contribution in [0.1, 0.15) is 0 Å². The first-order chi connectivity index (χ1) is 19.3. The Balaban J connectivity index is 1.29. The van der Waals surface area contributed by atoms with E-state index < -0.39 is 0 Å². The third-order valence-corrected chi connectivity index (χ3v) is 7.27. The van der Waals surface area contributed by atoms with E-state index >= 15 is 0 Å². The highest BCUT2D eigenvalue weighted by Gasteiger charge is 2.19. The molecule has 0 atom stereocenters. The van der Waals surface area contributed by atoms with Crippen LogP contribution >= 0.6 is 0 Å². The molecule has 0 unspecified atom stereocenters. The zero-order valence-electron chi connectivity index (χ0n) is 20.9. The Labute approximate surface area is 224 Å². The van der Waals surface area contributed by atoms with Gasteiger partial charge in [0.15, 0.2) is 5.58 Å². The van der Waals surface area contributed by atoms with Gasteiger partial charge in [-0.2, -0.15) is 0 Å². The van der Waals surface area contributed by atoms with Crippen LogP contribution in [0.25, 0.3) is 67.1 Å². The normalized spacial score (nSPS) is 11.6. The first-order valence-corrected chi connectivity index (χ1v) is 12.9. The average Bonchev–Trinajstić information content (AvgIpc) is 3.74. The second kappa shape index (κ2) is 8.57. The first kappa shape index (κ1) is 21.6. The summed E-state index contributed by atoms with van der Waals surface area (Å²) in [5, 5.41) is 2.21. The highest BCUT2D eigenvalue weighted by Crippen LogP contribution is 2.38. The molecule has 5 heteroatoms. The Morgan fingerprint density at radius 3 is 2.08 bits per heavy atom. The van der Waals surface area contributed by atoms with Gasteiger partial charge in [-0.05, 0) is 54.6 Å². The quantitative estimate of drug-likeness (QED) is 0.243. The van der Waals surface area contributed by atoms with Gasteiger partial charge < -0.3 is 8.98 Å². The zero-order valence-corrected chi connectivity index (χ0v) is 20.9. The van der Waals surface area contributed by atoms with Crippen molar-refractivity contribution in [3.05, 3.63) is 134 Å². The summed E-state index contributed by atoms with van der Waals surface area (Å²) in [6, 6.07) is 41.6. The summed E-state index contributed by atoms with van der Waals surface area (Å²) in [7, 11) is 0. The largest absolute Gasteiger partial charge is 0.435 e. The maximum atomic E-state index is 6.41. The molecule has 0 saturated heterocycles. The van der Waals surface area contributed by atoms with Crippen LogP contribution in [0.3, 0.4) is 0 Å². The fraction of sp³-hybridized carbons (Fsp3) is 0. The highest BCUT2D eigenvalue weighted by molar-refractivity contribution is 6.19. The standard InChI is InChI=1S/C34H22N4O/c1-3-9-23(10-4-1)33-35-21-22-37(33)25-15-17-26(18-16-25)38-29-14-8-7-13-27(29)31-30(38)20-19-28-32(31)39-34(36-28)24-11-5-2-6-12-24/h1-22H. The van der Waals surface area contributed by atoms with Crippen LogP contribution < -0.4 is 0 Å². The highest BCUT2D eigenvalue weighted by atomic mass is 16.3. The minimum atomic E-state index is 0.633. The lowest BCUT2D eigenvalue weighted by molar-refractivity contribution is 0.623. The third-order valence-electron chi connectivity index (χ3n) is 7.27. The van der Waals surface area contributed by atoms with Crippen molar-refractivity contribution < 1.29 is 4.42 Å². The first-order valence-electron chi connectivity index (χ1n) is 12.9. The molecule has 0 aliphatic rings. The molecule has 0 bridgehead atoms. The number of para-hydroxylation sites is 1. The summed E-state index contributed by atoms with van der Waals surface area (Å²) in [6.45, 7) is 0. The minimum absolute atomic E-state index is 0.633. The second-order valence-electron chi connectivity index (χ2n) is 9.55. The van der Waals surface area contributed by atoms with Crippen LogP contribution in [0.4, 0.5) is 0 Å². The molecule has 39 heavy (non-hydrogen) atoms. The van der Waals surface area contributed by atoms with E-state index in [1.54, 1.807) is 0 Å². The van der Waals surface area contributed by atoms with Gasteiger partial charge in [-0.25, -0.2) is 9.97 Å². The fourth-order valence-electron chi connectivity index (χ4n) is 5.50. The van der Waals surface area contributed by atoms with E-state index in [1.165, 1.54) is 0 Å². The zero-order chi connectivity index (χ0) is 25.8. The van der Waals surface area contributed by atoms with Gasteiger partial charge in [-0.3, -0.25) is 4.57 Å². The molecule has 0 N–H and O–H groups in total. The summed E-state index contributed by atoms with van der Waals surface area (Å²) in [6.07, 6.45) is 3.85. The van der Waals surface area contributed by atoms with Crippen LogP contribution in [0, 0.1) is 0 Å². The van der Waals surface area contributed by atoms with Crippen molar-refractivity contribution in [2.75, 3.05) is 0 Å². The molecular formula is C34H22N4O. The summed E-state index contributed by atoms with van der Waals surface area (Å²) < 4.78 is 10.8. The lowest BCUT2D eigenvalue weighted by Gasteiger charge is -2.11. The number of hydrogen-bond acceptors (Lipinski definition) is 3. The van der Waals surface area contributed by atoms with Gasteiger partial charge in [-0.1, -0.05) is 66.7 Å². The number of rotatable bonds is 4. The fourth-order valence-corrected chi connectivity index (χ4v) is 5.50.